The minimum Gasteiger partial charge on any atom is -0.507 e. The molecule has 0 bridgehead atoms. The average molecular weight is 560 g/mol. The van der Waals surface area contributed by atoms with Crippen molar-refractivity contribution in [2.75, 3.05) is 18.8 Å². The van der Waals surface area contributed by atoms with Crippen LogP contribution in [-0.4, -0.2) is 70.9 Å². The summed E-state index contributed by atoms with van der Waals surface area (Å²) in [6.07, 6.45) is 11.5. The highest BCUT2D eigenvalue weighted by molar-refractivity contribution is 5.73. The molecule has 1 aliphatic carbocycles. The molecule has 0 radical (unpaired) electrons. The van der Waals surface area contributed by atoms with Crippen molar-refractivity contribution in [1.29, 1.82) is 0 Å². The van der Waals surface area contributed by atoms with Crippen LogP contribution in [0.1, 0.15) is 46.5 Å². The van der Waals surface area contributed by atoms with Crippen molar-refractivity contribution < 1.29 is 19.4 Å². The van der Waals surface area contributed by atoms with Crippen molar-refractivity contribution in [3.05, 3.63) is 49.2 Å². The molecule has 1 saturated heterocycles. The highest BCUT2D eigenvalue weighted by Crippen LogP contribution is 2.35. The number of nitrogens with two attached hydrogens (primary N) is 1. The third kappa shape index (κ3) is 6.00. The smallest absolute Gasteiger partial charge is 0.410 e. The number of hydrogen-bond donors (Lipinski definition) is 2. The summed E-state index contributed by atoms with van der Waals surface area (Å²) < 4.78 is 15.7. The Hall–Kier alpha value is -4.12. The molecule has 0 atom stereocenters. The lowest BCUT2D eigenvalue weighted by Gasteiger charge is -2.40. The number of aromatic hydroxyl groups is 1. The van der Waals surface area contributed by atoms with Crippen LogP contribution in [0.3, 0.4) is 0 Å². The first-order valence-corrected chi connectivity index (χ1v) is 14.2. The van der Waals surface area contributed by atoms with Crippen molar-refractivity contribution in [3.8, 4) is 28.3 Å². The minimum absolute atomic E-state index is 0.162. The van der Waals surface area contributed by atoms with Gasteiger partial charge in [-0.25, -0.2) is 14.8 Å². The molecule has 4 heterocycles. The molecule has 41 heavy (non-hydrogen) atoms. The van der Waals surface area contributed by atoms with Crippen LogP contribution in [0.25, 0.3) is 28.3 Å². The number of benzene rings is 1. The van der Waals surface area contributed by atoms with Gasteiger partial charge in [-0.1, -0.05) is 12.1 Å². The van der Waals surface area contributed by atoms with Gasteiger partial charge in [0.15, 0.2) is 0 Å². The van der Waals surface area contributed by atoms with Crippen molar-refractivity contribution in [2.45, 2.75) is 70.8 Å². The van der Waals surface area contributed by atoms with Crippen LogP contribution in [0.4, 0.5) is 10.6 Å². The molecule has 11 heteroatoms. The maximum absolute atomic E-state index is 12.3. The Balaban J connectivity index is 1.01. The number of piperidine rings is 1. The van der Waals surface area contributed by atoms with Gasteiger partial charge in [0, 0.05) is 43.8 Å². The first-order chi connectivity index (χ1) is 19.6. The summed E-state index contributed by atoms with van der Waals surface area (Å²) in [5, 5.41) is 10.2. The number of nitrogens with zero attached hydrogens (tertiary/aromatic N) is 6. The van der Waals surface area contributed by atoms with Gasteiger partial charge in [-0.2, -0.15) is 4.98 Å². The summed E-state index contributed by atoms with van der Waals surface area (Å²) in [6, 6.07) is 7.07. The van der Waals surface area contributed by atoms with E-state index in [1.807, 2.05) is 57.8 Å². The molecule has 216 valence electrons. The SMILES string of the molecule is CC(C)(C)OC(=O)N1CCC(OC2CC(Cn3cnc(-c4cn5cc(-c6ccccc6O)nc5nc4N)c3)C2)CC1. The topological polar surface area (TPSA) is 133 Å². The predicted octanol–water partition coefficient (Wildman–Crippen LogP) is 4.74. The molecule has 1 aliphatic heterocycles. The molecule has 3 aromatic heterocycles. The number of carbonyl (C=O) groups is 1. The number of imidazole rings is 2. The Morgan fingerprint density at radius 3 is 2.51 bits per heavy atom. The number of likely N-dealkylation sites (tertiary alicyclic amines) is 1. The van der Waals surface area contributed by atoms with Crippen molar-refractivity contribution in [3.63, 3.8) is 0 Å². The minimum atomic E-state index is -0.475. The Kier molecular flexibility index (Phi) is 7.06. The Labute approximate surface area is 238 Å². The predicted molar refractivity (Wildman–Crippen MR) is 154 cm³/mol. The van der Waals surface area contributed by atoms with Gasteiger partial charge in [-0.3, -0.25) is 4.40 Å². The number of fused-ring (bicyclic) bond motifs is 1. The molecule has 1 aromatic carbocycles. The lowest BCUT2D eigenvalue weighted by molar-refractivity contribution is -0.0958. The second-order valence-corrected chi connectivity index (χ2v) is 12.1. The number of anilines is 1. The number of hydrogen-bond acceptors (Lipinski definition) is 8. The number of rotatable bonds is 6. The number of nitrogen functional groups attached to an aromatic ring is 1. The quantitative estimate of drug-likeness (QED) is 0.346. The zero-order chi connectivity index (χ0) is 28.7. The first-order valence-electron chi connectivity index (χ1n) is 14.2. The Morgan fingerprint density at radius 2 is 1.78 bits per heavy atom. The van der Waals surface area contributed by atoms with E-state index in [1.54, 1.807) is 21.4 Å². The zero-order valence-electron chi connectivity index (χ0n) is 23.7. The molecule has 1 amide bonds. The molecule has 4 aromatic rings. The summed E-state index contributed by atoms with van der Waals surface area (Å²) >= 11 is 0. The fourth-order valence-corrected chi connectivity index (χ4v) is 5.56. The second-order valence-electron chi connectivity index (χ2n) is 12.1. The molecule has 0 unspecified atom stereocenters. The number of amides is 1. The summed E-state index contributed by atoms with van der Waals surface area (Å²) in [5.41, 5.74) is 8.55. The van der Waals surface area contributed by atoms with Gasteiger partial charge in [-0.05, 0) is 64.5 Å². The monoisotopic (exact) mass is 559 g/mol. The third-order valence-corrected chi connectivity index (χ3v) is 7.71. The number of carbonyl (C=O) groups excluding carboxylic acids is 1. The van der Waals surface area contributed by atoms with E-state index in [4.69, 9.17) is 15.2 Å². The molecule has 11 nitrogen and oxygen atoms in total. The lowest BCUT2D eigenvalue weighted by Crippen LogP contribution is -2.45. The molecule has 6 rings (SSSR count). The van der Waals surface area contributed by atoms with E-state index in [2.05, 4.69) is 19.5 Å². The molecule has 2 fully saturated rings. The van der Waals surface area contributed by atoms with E-state index in [-0.39, 0.29) is 24.1 Å². The van der Waals surface area contributed by atoms with Gasteiger partial charge < -0.3 is 29.8 Å². The maximum atomic E-state index is 12.3. The van der Waals surface area contributed by atoms with Crippen molar-refractivity contribution >= 4 is 17.7 Å². The van der Waals surface area contributed by atoms with Crippen LogP contribution in [0.5, 0.6) is 5.75 Å². The Morgan fingerprint density at radius 1 is 1.02 bits per heavy atom. The number of ether oxygens (including phenoxy) is 2. The van der Waals surface area contributed by atoms with Gasteiger partial charge >= 0.3 is 6.09 Å². The first kappa shape index (κ1) is 27.1. The van der Waals surface area contributed by atoms with Crippen LogP contribution in [-0.2, 0) is 16.0 Å². The molecule has 1 saturated carbocycles. The summed E-state index contributed by atoms with van der Waals surface area (Å²) in [4.78, 5) is 27.7. The van der Waals surface area contributed by atoms with E-state index in [0.717, 1.165) is 43.5 Å². The number of phenolic OH excluding ortho intramolecular Hbond substituents is 1. The van der Waals surface area contributed by atoms with E-state index in [1.165, 1.54) is 0 Å². The lowest BCUT2D eigenvalue weighted by atomic mass is 9.82. The van der Waals surface area contributed by atoms with E-state index in [0.29, 0.717) is 41.9 Å². The number of para-hydroxylation sites is 1. The standard InChI is InChI=1S/C30H37N7O4/c1-30(2,3)41-29(39)36-10-8-20(9-11-36)40-21-12-19(13-21)14-35-16-24(32-18-35)23-15-37-17-25(33-28(37)34-27(23)31)22-6-4-5-7-26(22)38/h4-7,15-21,38H,8-14H2,1-3H3,(H2,31,33,34). The van der Waals surface area contributed by atoms with Gasteiger partial charge in [0.2, 0.25) is 5.78 Å². The van der Waals surface area contributed by atoms with Crippen molar-refractivity contribution in [2.24, 2.45) is 5.92 Å². The highest BCUT2D eigenvalue weighted by Gasteiger charge is 2.34. The number of phenols is 1. The van der Waals surface area contributed by atoms with Gasteiger partial charge in [0.05, 0.1) is 35.5 Å². The molecule has 0 spiro atoms. The molecular formula is C30H37N7O4. The molecular weight excluding hydrogens is 522 g/mol. The second kappa shape index (κ2) is 10.7. The van der Waals surface area contributed by atoms with E-state index >= 15 is 0 Å². The van der Waals surface area contributed by atoms with Crippen LogP contribution >= 0.6 is 0 Å². The molecule has 3 N–H and O–H groups in total. The summed E-state index contributed by atoms with van der Waals surface area (Å²) in [7, 11) is 0. The molecule has 2 aliphatic rings. The van der Waals surface area contributed by atoms with Gasteiger partial charge in [0.25, 0.3) is 0 Å². The third-order valence-electron chi connectivity index (χ3n) is 7.71. The normalized spacial score (nSPS) is 19.8. The fraction of sp³-hybridized carbons (Fsp3) is 0.467. The Bertz CT molecular complexity index is 1540. The van der Waals surface area contributed by atoms with Crippen LogP contribution in [0, 0.1) is 5.92 Å². The van der Waals surface area contributed by atoms with E-state index < -0.39 is 5.60 Å². The van der Waals surface area contributed by atoms with E-state index in [9.17, 15) is 9.90 Å². The summed E-state index contributed by atoms with van der Waals surface area (Å²) in [6.45, 7) is 7.88. The van der Waals surface area contributed by atoms with Crippen LogP contribution in [0.15, 0.2) is 49.2 Å². The fourth-order valence-electron chi connectivity index (χ4n) is 5.56. The van der Waals surface area contributed by atoms with Crippen LogP contribution in [0.2, 0.25) is 0 Å². The maximum Gasteiger partial charge on any atom is 0.410 e. The zero-order valence-corrected chi connectivity index (χ0v) is 23.7. The average Bonchev–Trinajstić information content (AvgIpc) is 3.53. The van der Waals surface area contributed by atoms with Gasteiger partial charge in [-0.15, -0.1) is 0 Å². The van der Waals surface area contributed by atoms with Crippen molar-refractivity contribution in [1.82, 2.24) is 28.8 Å². The largest absolute Gasteiger partial charge is 0.507 e. The van der Waals surface area contributed by atoms with Crippen LogP contribution < -0.4 is 5.73 Å². The highest BCUT2D eigenvalue weighted by atomic mass is 16.6. The number of aromatic nitrogens is 5. The summed E-state index contributed by atoms with van der Waals surface area (Å²) in [5.74, 6) is 1.50. The van der Waals surface area contributed by atoms with Gasteiger partial charge in [0.1, 0.15) is 17.2 Å².